The van der Waals surface area contributed by atoms with Gasteiger partial charge in [0.1, 0.15) is 0 Å². The molecule has 1 aliphatic carbocycles. The highest BCUT2D eigenvalue weighted by Crippen LogP contribution is 2.31. The van der Waals surface area contributed by atoms with Gasteiger partial charge in [-0.2, -0.15) is 0 Å². The molecule has 0 aliphatic heterocycles. The molecule has 0 bridgehead atoms. The molecule has 4 heteroatoms. The van der Waals surface area contributed by atoms with Crippen molar-refractivity contribution in [3.05, 3.63) is 33.7 Å². The standard InChI is InChI=1S/C16H26N2O2/c1-16(2,3)14(9-10-19)17-12-5-4-6-13-11(12)7-8-15(20)18-13/h7-8,12,14,17,19H,4-6,9-10H2,1-3H3,(H,18,20). The molecule has 2 atom stereocenters. The number of aryl methyl sites for hydroxylation is 1. The number of aromatic nitrogens is 1. The van der Waals surface area contributed by atoms with Gasteiger partial charge in [-0.3, -0.25) is 4.79 Å². The number of pyridine rings is 1. The normalized spacial score (nSPS) is 20.5. The summed E-state index contributed by atoms with van der Waals surface area (Å²) < 4.78 is 0. The highest BCUT2D eigenvalue weighted by atomic mass is 16.3. The first kappa shape index (κ1) is 15.3. The van der Waals surface area contributed by atoms with Gasteiger partial charge in [-0.05, 0) is 36.7 Å². The zero-order valence-electron chi connectivity index (χ0n) is 12.7. The molecule has 1 aromatic heterocycles. The van der Waals surface area contributed by atoms with Crippen LogP contribution < -0.4 is 10.9 Å². The molecule has 1 aliphatic rings. The maximum atomic E-state index is 11.4. The summed E-state index contributed by atoms with van der Waals surface area (Å²) in [6, 6.07) is 4.09. The zero-order valence-corrected chi connectivity index (χ0v) is 12.7. The number of nitrogens with one attached hydrogen (secondary N) is 2. The fourth-order valence-electron chi connectivity index (χ4n) is 3.01. The van der Waals surface area contributed by atoms with Gasteiger partial charge in [0.2, 0.25) is 5.56 Å². The third-order valence-electron chi connectivity index (χ3n) is 4.20. The van der Waals surface area contributed by atoms with Gasteiger partial charge in [0, 0.05) is 30.5 Å². The Hall–Kier alpha value is -1.13. The Kier molecular flexibility index (Phi) is 4.66. The van der Waals surface area contributed by atoms with E-state index in [4.69, 9.17) is 0 Å². The van der Waals surface area contributed by atoms with Gasteiger partial charge >= 0.3 is 0 Å². The number of hydrogen-bond acceptors (Lipinski definition) is 3. The summed E-state index contributed by atoms with van der Waals surface area (Å²) in [5, 5.41) is 13.0. The minimum atomic E-state index is -0.0212. The Bertz CT molecular complexity index is 502. The third-order valence-corrected chi connectivity index (χ3v) is 4.20. The van der Waals surface area contributed by atoms with Gasteiger partial charge in [0.15, 0.2) is 0 Å². The summed E-state index contributed by atoms with van der Waals surface area (Å²) in [5.74, 6) is 0. The number of H-pyrrole nitrogens is 1. The SMILES string of the molecule is CC(C)(C)C(CCO)NC1CCCc2[nH]c(=O)ccc21. The van der Waals surface area contributed by atoms with Gasteiger partial charge in [0.05, 0.1) is 0 Å². The van der Waals surface area contributed by atoms with E-state index in [-0.39, 0.29) is 29.7 Å². The van der Waals surface area contributed by atoms with Crippen LogP contribution in [0.2, 0.25) is 0 Å². The third kappa shape index (κ3) is 3.49. The van der Waals surface area contributed by atoms with Crippen molar-refractivity contribution in [1.82, 2.24) is 10.3 Å². The smallest absolute Gasteiger partial charge is 0.248 e. The molecule has 0 fully saturated rings. The molecule has 4 nitrogen and oxygen atoms in total. The molecule has 3 N–H and O–H groups in total. The fourth-order valence-corrected chi connectivity index (χ4v) is 3.01. The van der Waals surface area contributed by atoms with E-state index in [2.05, 4.69) is 31.1 Å². The second-order valence-corrected chi connectivity index (χ2v) is 6.80. The van der Waals surface area contributed by atoms with E-state index in [0.717, 1.165) is 31.4 Å². The first-order valence-corrected chi connectivity index (χ1v) is 7.51. The van der Waals surface area contributed by atoms with E-state index in [1.807, 2.05) is 6.07 Å². The molecule has 0 aromatic carbocycles. The van der Waals surface area contributed by atoms with Crippen LogP contribution in [0.5, 0.6) is 0 Å². The van der Waals surface area contributed by atoms with Gasteiger partial charge in [-0.25, -0.2) is 0 Å². The van der Waals surface area contributed by atoms with Crippen LogP contribution in [0.4, 0.5) is 0 Å². The maximum absolute atomic E-state index is 11.4. The zero-order chi connectivity index (χ0) is 14.8. The van der Waals surface area contributed by atoms with E-state index in [0.29, 0.717) is 0 Å². The molecule has 0 saturated heterocycles. The largest absolute Gasteiger partial charge is 0.396 e. The molecule has 2 unspecified atom stereocenters. The first-order valence-electron chi connectivity index (χ1n) is 7.51. The monoisotopic (exact) mass is 278 g/mol. The molecule has 112 valence electrons. The van der Waals surface area contributed by atoms with Crippen LogP contribution in [-0.4, -0.2) is 22.7 Å². The van der Waals surface area contributed by atoms with Crippen molar-refractivity contribution in [3.63, 3.8) is 0 Å². The molecular weight excluding hydrogens is 252 g/mol. The van der Waals surface area contributed by atoms with Gasteiger partial charge in [-0.1, -0.05) is 26.8 Å². The Balaban J connectivity index is 2.20. The molecule has 0 spiro atoms. The van der Waals surface area contributed by atoms with E-state index in [1.165, 1.54) is 5.56 Å². The molecule has 0 radical (unpaired) electrons. The summed E-state index contributed by atoms with van der Waals surface area (Å²) in [4.78, 5) is 14.4. The highest BCUT2D eigenvalue weighted by Gasteiger charge is 2.29. The van der Waals surface area contributed by atoms with Crippen molar-refractivity contribution in [3.8, 4) is 0 Å². The molecule has 1 heterocycles. The molecule has 20 heavy (non-hydrogen) atoms. The maximum Gasteiger partial charge on any atom is 0.248 e. The molecule has 2 rings (SSSR count). The summed E-state index contributed by atoms with van der Waals surface area (Å²) in [7, 11) is 0. The lowest BCUT2D eigenvalue weighted by Gasteiger charge is -2.37. The van der Waals surface area contributed by atoms with Crippen molar-refractivity contribution in [2.24, 2.45) is 5.41 Å². The number of rotatable bonds is 4. The number of fused-ring (bicyclic) bond motifs is 1. The number of aliphatic hydroxyl groups excluding tert-OH is 1. The Morgan fingerprint density at radius 1 is 1.45 bits per heavy atom. The van der Waals surface area contributed by atoms with Crippen molar-refractivity contribution in [2.45, 2.75) is 58.5 Å². The second-order valence-electron chi connectivity index (χ2n) is 6.80. The van der Waals surface area contributed by atoms with Crippen LogP contribution in [0, 0.1) is 5.41 Å². The quantitative estimate of drug-likeness (QED) is 0.790. The Morgan fingerprint density at radius 2 is 2.20 bits per heavy atom. The molecule has 1 aromatic rings. The Labute approximate surface area is 120 Å². The number of aromatic amines is 1. The minimum Gasteiger partial charge on any atom is -0.396 e. The predicted molar refractivity (Wildman–Crippen MR) is 80.8 cm³/mol. The molecule has 0 amide bonds. The van der Waals surface area contributed by atoms with Crippen LogP contribution in [0.15, 0.2) is 16.9 Å². The molecule has 0 saturated carbocycles. The minimum absolute atomic E-state index is 0.0212. The lowest BCUT2D eigenvalue weighted by Crippen LogP contribution is -2.44. The van der Waals surface area contributed by atoms with Gasteiger partial charge < -0.3 is 15.4 Å². The van der Waals surface area contributed by atoms with Crippen molar-refractivity contribution in [1.29, 1.82) is 0 Å². The highest BCUT2D eigenvalue weighted by molar-refractivity contribution is 5.26. The topological polar surface area (TPSA) is 65.1 Å². The summed E-state index contributed by atoms with van der Waals surface area (Å²) in [6.45, 7) is 6.77. The van der Waals surface area contributed by atoms with E-state index in [9.17, 15) is 9.90 Å². The lowest BCUT2D eigenvalue weighted by molar-refractivity contribution is 0.181. The molecular formula is C16H26N2O2. The average molecular weight is 278 g/mol. The lowest BCUT2D eigenvalue weighted by atomic mass is 9.82. The van der Waals surface area contributed by atoms with Crippen LogP contribution >= 0.6 is 0 Å². The van der Waals surface area contributed by atoms with Crippen molar-refractivity contribution >= 4 is 0 Å². The summed E-state index contributed by atoms with van der Waals surface area (Å²) in [5.41, 5.74) is 2.36. The van der Waals surface area contributed by atoms with Gasteiger partial charge in [-0.15, -0.1) is 0 Å². The van der Waals surface area contributed by atoms with Gasteiger partial charge in [0.25, 0.3) is 0 Å². The van der Waals surface area contributed by atoms with E-state index in [1.54, 1.807) is 6.07 Å². The number of aliphatic hydroxyl groups is 1. The fraction of sp³-hybridized carbons (Fsp3) is 0.688. The van der Waals surface area contributed by atoms with E-state index >= 15 is 0 Å². The van der Waals surface area contributed by atoms with Crippen LogP contribution in [0.25, 0.3) is 0 Å². The Morgan fingerprint density at radius 3 is 2.85 bits per heavy atom. The van der Waals surface area contributed by atoms with Crippen LogP contribution in [0.3, 0.4) is 0 Å². The number of hydrogen-bond donors (Lipinski definition) is 3. The summed E-state index contributed by atoms with van der Waals surface area (Å²) >= 11 is 0. The van der Waals surface area contributed by atoms with Crippen molar-refractivity contribution in [2.75, 3.05) is 6.61 Å². The first-order chi connectivity index (χ1) is 9.41. The second kappa shape index (κ2) is 6.10. The van der Waals surface area contributed by atoms with Crippen LogP contribution in [0.1, 0.15) is 57.3 Å². The predicted octanol–water partition coefficient (Wildman–Crippen LogP) is 2.14. The average Bonchev–Trinajstić information content (AvgIpc) is 2.37. The van der Waals surface area contributed by atoms with Crippen molar-refractivity contribution < 1.29 is 5.11 Å². The van der Waals surface area contributed by atoms with Crippen LogP contribution in [-0.2, 0) is 6.42 Å². The van der Waals surface area contributed by atoms with E-state index < -0.39 is 0 Å². The summed E-state index contributed by atoms with van der Waals surface area (Å²) in [6.07, 6.45) is 3.86.